The van der Waals surface area contributed by atoms with Gasteiger partial charge in [-0.2, -0.15) is 10.2 Å². The minimum absolute atomic E-state index is 0.00716. The number of hydrogen-bond donors (Lipinski definition) is 1. The predicted octanol–water partition coefficient (Wildman–Crippen LogP) is 5.88. The molecule has 0 saturated carbocycles. The molecule has 0 spiro atoms. The highest BCUT2D eigenvalue weighted by molar-refractivity contribution is 6.42. The number of nitro groups is 1. The Balaban J connectivity index is 1.52. The molecule has 0 bridgehead atoms. The Labute approximate surface area is 217 Å². The number of anilines is 1. The zero-order chi connectivity index (χ0) is 26.1. The Kier molecular flexibility index (Phi) is 7.14. The minimum atomic E-state index is -0.426. The highest BCUT2D eigenvalue weighted by Gasteiger charge is 2.22. The second-order valence-electron chi connectivity index (χ2n) is 8.54. The van der Waals surface area contributed by atoms with Crippen molar-refractivity contribution < 1.29 is 9.72 Å². The first-order valence-electron chi connectivity index (χ1n) is 11.1. The van der Waals surface area contributed by atoms with E-state index in [1.54, 1.807) is 53.5 Å². The minimum Gasteiger partial charge on any atom is -0.319 e. The first kappa shape index (κ1) is 25.4. The van der Waals surface area contributed by atoms with Gasteiger partial charge in [-0.05, 0) is 63.1 Å². The Morgan fingerprint density at radius 3 is 2.19 bits per heavy atom. The van der Waals surface area contributed by atoms with Gasteiger partial charge in [0, 0.05) is 5.56 Å². The van der Waals surface area contributed by atoms with Crippen LogP contribution in [-0.4, -0.2) is 30.4 Å². The number of aryl methyl sites for hydroxylation is 2. The molecule has 2 aromatic heterocycles. The Bertz CT molecular complexity index is 1490. The summed E-state index contributed by atoms with van der Waals surface area (Å²) in [6.45, 7) is 7.78. The van der Waals surface area contributed by atoms with Crippen molar-refractivity contribution in [2.24, 2.45) is 0 Å². The highest BCUT2D eigenvalue weighted by Crippen LogP contribution is 2.26. The van der Waals surface area contributed by atoms with Crippen LogP contribution in [-0.2, 0) is 13.1 Å². The van der Waals surface area contributed by atoms with Gasteiger partial charge in [0.15, 0.2) is 0 Å². The third-order valence-electron chi connectivity index (χ3n) is 5.98. The molecule has 2 aromatic carbocycles. The smallest absolute Gasteiger partial charge is 0.312 e. The number of rotatable bonds is 7. The number of hydrogen-bond acceptors (Lipinski definition) is 5. The van der Waals surface area contributed by atoms with E-state index in [4.69, 9.17) is 23.2 Å². The predicted molar refractivity (Wildman–Crippen MR) is 139 cm³/mol. The molecule has 0 saturated heterocycles. The van der Waals surface area contributed by atoms with Gasteiger partial charge in [-0.15, -0.1) is 0 Å². The number of carbonyl (C=O) groups excluding carboxylic acids is 1. The van der Waals surface area contributed by atoms with Crippen LogP contribution < -0.4 is 5.32 Å². The third-order valence-corrected chi connectivity index (χ3v) is 6.72. The number of amides is 1. The summed E-state index contributed by atoms with van der Waals surface area (Å²) in [6, 6.07) is 12.5. The van der Waals surface area contributed by atoms with Gasteiger partial charge in [0.25, 0.3) is 5.91 Å². The number of benzene rings is 2. The monoisotopic (exact) mass is 526 g/mol. The lowest BCUT2D eigenvalue weighted by molar-refractivity contribution is -0.386. The van der Waals surface area contributed by atoms with Gasteiger partial charge in [-0.3, -0.25) is 24.3 Å². The molecule has 1 amide bonds. The maximum absolute atomic E-state index is 13.1. The first-order chi connectivity index (χ1) is 17.0. The van der Waals surface area contributed by atoms with Crippen LogP contribution in [0.15, 0.2) is 42.5 Å². The molecule has 186 valence electrons. The second kappa shape index (κ2) is 10.1. The molecule has 0 unspecified atom stereocenters. The normalized spacial score (nSPS) is 11.1. The van der Waals surface area contributed by atoms with Crippen LogP contribution in [0.2, 0.25) is 10.0 Å². The van der Waals surface area contributed by atoms with Crippen LogP contribution in [0.25, 0.3) is 0 Å². The summed E-state index contributed by atoms with van der Waals surface area (Å²) in [4.78, 5) is 24.0. The molecular weight excluding hydrogens is 503 g/mol. The summed E-state index contributed by atoms with van der Waals surface area (Å²) < 4.78 is 3.38. The molecule has 4 aromatic rings. The van der Waals surface area contributed by atoms with E-state index in [1.165, 1.54) is 0 Å². The van der Waals surface area contributed by atoms with Crippen molar-refractivity contribution in [3.05, 3.63) is 102 Å². The lowest BCUT2D eigenvalue weighted by Crippen LogP contribution is -2.14. The summed E-state index contributed by atoms with van der Waals surface area (Å²) in [6.07, 6.45) is 0. The second-order valence-corrected chi connectivity index (χ2v) is 9.36. The fourth-order valence-electron chi connectivity index (χ4n) is 4.12. The fraction of sp³-hybridized carbons (Fsp3) is 0.240. The summed E-state index contributed by atoms with van der Waals surface area (Å²) in [5, 5.41) is 24.1. The number of nitrogens with one attached hydrogen (secondary N) is 1. The van der Waals surface area contributed by atoms with Crippen LogP contribution in [0.4, 0.5) is 11.4 Å². The Morgan fingerprint density at radius 1 is 0.917 bits per heavy atom. The molecular formula is C25H24Cl2N6O3. The largest absolute Gasteiger partial charge is 0.319 e. The van der Waals surface area contributed by atoms with Gasteiger partial charge in [0.1, 0.15) is 11.4 Å². The number of carbonyl (C=O) groups is 1. The first-order valence-corrected chi connectivity index (χ1v) is 11.9. The molecule has 4 rings (SSSR count). The number of halogens is 2. The summed E-state index contributed by atoms with van der Waals surface area (Å²) in [5.41, 5.74) is 5.15. The zero-order valence-corrected chi connectivity index (χ0v) is 21.7. The van der Waals surface area contributed by atoms with Gasteiger partial charge < -0.3 is 5.32 Å². The lowest BCUT2D eigenvalue weighted by atomic mass is 10.1. The van der Waals surface area contributed by atoms with E-state index in [0.29, 0.717) is 51.5 Å². The van der Waals surface area contributed by atoms with E-state index < -0.39 is 4.92 Å². The van der Waals surface area contributed by atoms with E-state index >= 15 is 0 Å². The van der Waals surface area contributed by atoms with Crippen molar-refractivity contribution >= 4 is 40.5 Å². The van der Waals surface area contributed by atoms with Crippen molar-refractivity contribution in [1.82, 2.24) is 19.6 Å². The maximum Gasteiger partial charge on any atom is 0.312 e. The molecule has 0 fully saturated rings. The SMILES string of the molecule is Cc1nn(Cc2ccc(Cl)c(Cl)c2)c(C)c1NC(=O)c1cccc(Cn2nc(C)c([N+](=O)[O-])c2C)c1. The molecule has 0 atom stereocenters. The average molecular weight is 527 g/mol. The van der Waals surface area contributed by atoms with Crippen molar-refractivity contribution in [3.8, 4) is 0 Å². The molecule has 0 aliphatic rings. The Hall–Kier alpha value is -3.69. The molecule has 36 heavy (non-hydrogen) atoms. The van der Waals surface area contributed by atoms with Crippen LogP contribution in [0, 0.1) is 37.8 Å². The van der Waals surface area contributed by atoms with E-state index in [1.807, 2.05) is 26.0 Å². The van der Waals surface area contributed by atoms with Gasteiger partial charge in [0.05, 0.1) is 45.1 Å². The van der Waals surface area contributed by atoms with E-state index in [2.05, 4.69) is 15.5 Å². The number of aromatic nitrogens is 4. The molecule has 1 N–H and O–H groups in total. The summed E-state index contributed by atoms with van der Waals surface area (Å²) in [5.74, 6) is -0.281. The van der Waals surface area contributed by atoms with Crippen LogP contribution >= 0.6 is 23.2 Å². The molecule has 9 nitrogen and oxygen atoms in total. The van der Waals surface area contributed by atoms with Crippen molar-refractivity contribution in [3.63, 3.8) is 0 Å². The van der Waals surface area contributed by atoms with Crippen molar-refractivity contribution in [2.45, 2.75) is 40.8 Å². The third kappa shape index (κ3) is 5.12. The van der Waals surface area contributed by atoms with Crippen LogP contribution in [0.3, 0.4) is 0 Å². The summed E-state index contributed by atoms with van der Waals surface area (Å²) in [7, 11) is 0. The van der Waals surface area contributed by atoms with E-state index in [9.17, 15) is 14.9 Å². The molecule has 0 aliphatic heterocycles. The van der Waals surface area contributed by atoms with Crippen LogP contribution in [0.1, 0.15) is 44.3 Å². The number of nitrogens with zero attached hydrogens (tertiary/aromatic N) is 5. The molecule has 2 heterocycles. The van der Waals surface area contributed by atoms with E-state index in [-0.39, 0.29) is 11.6 Å². The lowest BCUT2D eigenvalue weighted by Gasteiger charge is -2.09. The van der Waals surface area contributed by atoms with Gasteiger partial charge in [0.2, 0.25) is 0 Å². The summed E-state index contributed by atoms with van der Waals surface area (Å²) >= 11 is 12.1. The Morgan fingerprint density at radius 2 is 1.56 bits per heavy atom. The van der Waals surface area contributed by atoms with Gasteiger partial charge in [-0.1, -0.05) is 41.4 Å². The quantitative estimate of drug-likeness (QED) is 0.239. The zero-order valence-electron chi connectivity index (χ0n) is 20.2. The van der Waals surface area contributed by atoms with Crippen LogP contribution in [0.5, 0.6) is 0 Å². The topological polar surface area (TPSA) is 108 Å². The fourth-order valence-corrected chi connectivity index (χ4v) is 4.44. The average Bonchev–Trinajstić information content (AvgIpc) is 3.25. The molecule has 11 heteroatoms. The van der Waals surface area contributed by atoms with Crippen molar-refractivity contribution in [1.29, 1.82) is 0 Å². The maximum atomic E-state index is 13.1. The molecule has 0 aliphatic carbocycles. The van der Waals surface area contributed by atoms with Crippen molar-refractivity contribution in [2.75, 3.05) is 5.32 Å². The standard InChI is InChI=1S/C25H24Cl2N6O3/c1-14-23(16(3)31(29-14)13-19-8-9-21(26)22(27)11-19)28-25(34)20-7-5-6-18(10-20)12-32-17(4)24(33(35)36)15(2)30-32/h5-11H,12-13H2,1-4H3,(H,28,34). The van der Waals surface area contributed by atoms with Gasteiger partial charge in [-0.25, -0.2) is 0 Å². The van der Waals surface area contributed by atoms with Gasteiger partial charge >= 0.3 is 5.69 Å². The highest BCUT2D eigenvalue weighted by atomic mass is 35.5. The van der Waals surface area contributed by atoms with E-state index in [0.717, 1.165) is 16.8 Å². The molecule has 0 radical (unpaired) electrons.